The highest BCUT2D eigenvalue weighted by Crippen LogP contribution is 2.32. The first kappa shape index (κ1) is 13.6. The van der Waals surface area contributed by atoms with Crippen LogP contribution in [0.15, 0.2) is 28.3 Å². The van der Waals surface area contributed by atoms with Crippen molar-refractivity contribution >= 4 is 29.2 Å². The van der Waals surface area contributed by atoms with Gasteiger partial charge in [0.2, 0.25) is 0 Å². The Morgan fingerprint density at radius 3 is 2.78 bits per heavy atom. The molecule has 3 N–H and O–H groups in total. The molecule has 0 spiro atoms. The molecule has 5 heteroatoms. The lowest BCUT2D eigenvalue weighted by Crippen LogP contribution is -2.13. The second-order valence-electron chi connectivity index (χ2n) is 4.59. The molecule has 0 atom stereocenters. The minimum Gasteiger partial charge on any atom is -0.409 e. The van der Waals surface area contributed by atoms with E-state index in [0.717, 1.165) is 16.6 Å². The summed E-state index contributed by atoms with van der Waals surface area (Å²) in [6.07, 6.45) is 5.44. The van der Waals surface area contributed by atoms with E-state index >= 15 is 0 Å². The lowest BCUT2D eigenvalue weighted by Gasteiger charge is -2.09. The number of amidine groups is 1. The molecular weight excluding hydrogens is 268 g/mol. The fraction of sp³-hybridized carbons (Fsp3) is 0.462. The molecule has 1 fully saturated rings. The van der Waals surface area contributed by atoms with Crippen LogP contribution >= 0.6 is 23.4 Å². The van der Waals surface area contributed by atoms with Crippen LogP contribution in [-0.2, 0) is 0 Å². The van der Waals surface area contributed by atoms with Gasteiger partial charge in [-0.25, -0.2) is 0 Å². The molecule has 0 saturated heterocycles. The van der Waals surface area contributed by atoms with E-state index in [9.17, 15) is 0 Å². The fourth-order valence-corrected chi connectivity index (χ4v) is 3.71. The maximum Gasteiger partial charge on any atom is 0.171 e. The molecule has 18 heavy (non-hydrogen) atoms. The molecular formula is C13H17ClN2OS. The molecule has 0 aromatic heterocycles. The number of thioether (sulfide) groups is 1. The standard InChI is InChI=1S/C13H17ClN2OS/c14-12-7-10(5-6-11(12)13(15)16-17)18-8-9-3-1-2-4-9/h5-7,9,17H,1-4,8H2,(H2,15,16). The SMILES string of the molecule is NC(=NO)c1ccc(SCC2CCCC2)cc1Cl. The van der Waals surface area contributed by atoms with Gasteiger partial charge in [-0.05, 0) is 37.0 Å². The lowest BCUT2D eigenvalue weighted by molar-refractivity contribution is 0.318. The van der Waals surface area contributed by atoms with E-state index in [1.807, 2.05) is 23.9 Å². The Hall–Kier alpha value is -0.870. The molecule has 0 heterocycles. The molecule has 3 nitrogen and oxygen atoms in total. The van der Waals surface area contributed by atoms with Crippen LogP contribution in [0.5, 0.6) is 0 Å². The van der Waals surface area contributed by atoms with Crippen molar-refractivity contribution in [2.24, 2.45) is 16.8 Å². The van der Waals surface area contributed by atoms with Crippen LogP contribution in [0.25, 0.3) is 0 Å². The third-order valence-electron chi connectivity index (χ3n) is 3.28. The van der Waals surface area contributed by atoms with Crippen LogP contribution < -0.4 is 5.73 Å². The van der Waals surface area contributed by atoms with Crippen molar-refractivity contribution in [1.29, 1.82) is 0 Å². The van der Waals surface area contributed by atoms with Crippen molar-refractivity contribution in [2.45, 2.75) is 30.6 Å². The van der Waals surface area contributed by atoms with Gasteiger partial charge in [0.1, 0.15) is 0 Å². The van der Waals surface area contributed by atoms with Gasteiger partial charge < -0.3 is 10.9 Å². The fourth-order valence-electron chi connectivity index (χ4n) is 2.24. The van der Waals surface area contributed by atoms with E-state index in [0.29, 0.717) is 10.6 Å². The second kappa shape index (κ2) is 6.34. The Labute approximate surface area is 116 Å². The molecule has 0 radical (unpaired) electrons. The van der Waals surface area contributed by atoms with Crippen LogP contribution in [0.4, 0.5) is 0 Å². The average molecular weight is 285 g/mol. The number of rotatable bonds is 4. The third-order valence-corrected chi connectivity index (χ3v) is 4.82. The van der Waals surface area contributed by atoms with Gasteiger partial charge in [0.05, 0.1) is 5.02 Å². The quantitative estimate of drug-likeness (QED) is 0.291. The summed E-state index contributed by atoms with van der Waals surface area (Å²) in [5.41, 5.74) is 6.10. The summed E-state index contributed by atoms with van der Waals surface area (Å²) in [4.78, 5) is 1.14. The van der Waals surface area contributed by atoms with E-state index in [1.165, 1.54) is 25.7 Å². The van der Waals surface area contributed by atoms with Crippen LogP contribution in [0.1, 0.15) is 31.2 Å². The number of hydrogen-bond donors (Lipinski definition) is 2. The number of hydrogen-bond acceptors (Lipinski definition) is 3. The zero-order valence-corrected chi connectivity index (χ0v) is 11.7. The first-order valence-corrected chi connectivity index (χ1v) is 7.47. The van der Waals surface area contributed by atoms with Gasteiger partial charge in [0.25, 0.3) is 0 Å². The Bertz CT molecular complexity index is 445. The summed E-state index contributed by atoms with van der Waals surface area (Å²) in [5, 5.41) is 12.1. The predicted octanol–water partition coefficient (Wildman–Crippen LogP) is 3.72. The monoisotopic (exact) mass is 284 g/mol. The first-order valence-electron chi connectivity index (χ1n) is 6.11. The van der Waals surface area contributed by atoms with Gasteiger partial charge in [-0.15, -0.1) is 11.8 Å². The summed E-state index contributed by atoms with van der Waals surface area (Å²) < 4.78 is 0. The second-order valence-corrected chi connectivity index (χ2v) is 6.09. The van der Waals surface area contributed by atoms with Crippen LogP contribution in [0.2, 0.25) is 5.02 Å². The van der Waals surface area contributed by atoms with E-state index in [1.54, 1.807) is 6.07 Å². The minimum atomic E-state index is 0.0485. The summed E-state index contributed by atoms with van der Waals surface area (Å²) in [5.74, 6) is 2.05. The van der Waals surface area contributed by atoms with Crippen LogP contribution in [-0.4, -0.2) is 16.8 Å². The van der Waals surface area contributed by atoms with Gasteiger partial charge in [0.15, 0.2) is 5.84 Å². The smallest absolute Gasteiger partial charge is 0.171 e. The predicted molar refractivity (Wildman–Crippen MR) is 76.6 cm³/mol. The molecule has 0 bridgehead atoms. The van der Waals surface area contributed by atoms with E-state index < -0.39 is 0 Å². The molecule has 1 aromatic carbocycles. The Morgan fingerprint density at radius 1 is 1.44 bits per heavy atom. The molecule has 1 aromatic rings. The van der Waals surface area contributed by atoms with Crippen molar-refractivity contribution in [2.75, 3.05) is 5.75 Å². The van der Waals surface area contributed by atoms with E-state index in [4.69, 9.17) is 22.5 Å². The molecule has 0 unspecified atom stereocenters. The highest BCUT2D eigenvalue weighted by atomic mass is 35.5. The van der Waals surface area contributed by atoms with Crippen molar-refractivity contribution in [3.05, 3.63) is 28.8 Å². The van der Waals surface area contributed by atoms with Crippen molar-refractivity contribution in [3.8, 4) is 0 Å². The maximum absolute atomic E-state index is 8.63. The van der Waals surface area contributed by atoms with Crippen molar-refractivity contribution < 1.29 is 5.21 Å². The Kier molecular flexibility index (Phi) is 4.78. The molecule has 1 saturated carbocycles. The van der Waals surface area contributed by atoms with Gasteiger partial charge in [-0.3, -0.25) is 0 Å². The lowest BCUT2D eigenvalue weighted by atomic mass is 10.1. The number of halogens is 1. The zero-order valence-electron chi connectivity index (χ0n) is 10.1. The van der Waals surface area contributed by atoms with Crippen LogP contribution in [0, 0.1) is 5.92 Å². The van der Waals surface area contributed by atoms with Gasteiger partial charge >= 0.3 is 0 Å². The number of nitrogens with zero attached hydrogens (tertiary/aromatic N) is 1. The van der Waals surface area contributed by atoms with Gasteiger partial charge in [-0.2, -0.15) is 0 Å². The zero-order chi connectivity index (χ0) is 13.0. The topological polar surface area (TPSA) is 58.6 Å². The van der Waals surface area contributed by atoms with E-state index in [2.05, 4.69) is 5.16 Å². The summed E-state index contributed by atoms with van der Waals surface area (Å²) >= 11 is 7.95. The van der Waals surface area contributed by atoms with Crippen molar-refractivity contribution in [1.82, 2.24) is 0 Å². The molecule has 2 rings (SSSR count). The summed E-state index contributed by atoms with van der Waals surface area (Å²) in [6.45, 7) is 0. The number of benzene rings is 1. The van der Waals surface area contributed by atoms with Gasteiger partial charge in [-0.1, -0.05) is 29.6 Å². The Balaban J connectivity index is 1.99. The summed E-state index contributed by atoms with van der Waals surface area (Å²) in [6, 6.07) is 5.65. The summed E-state index contributed by atoms with van der Waals surface area (Å²) in [7, 11) is 0. The number of nitrogens with two attached hydrogens (primary N) is 1. The van der Waals surface area contributed by atoms with Crippen molar-refractivity contribution in [3.63, 3.8) is 0 Å². The third kappa shape index (κ3) is 3.33. The van der Waals surface area contributed by atoms with Gasteiger partial charge in [0, 0.05) is 16.2 Å². The first-order chi connectivity index (χ1) is 8.70. The number of oxime groups is 1. The molecule has 98 valence electrons. The molecule has 0 amide bonds. The molecule has 1 aliphatic carbocycles. The van der Waals surface area contributed by atoms with Crippen LogP contribution in [0.3, 0.4) is 0 Å². The molecule has 0 aliphatic heterocycles. The average Bonchev–Trinajstić information content (AvgIpc) is 2.88. The minimum absolute atomic E-state index is 0.0485. The maximum atomic E-state index is 8.63. The normalized spacial score (nSPS) is 17.3. The largest absolute Gasteiger partial charge is 0.409 e. The van der Waals surface area contributed by atoms with E-state index in [-0.39, 0.29) is 5.84 Å². The molecule has 1 aliphatic rings. The highest BCUT2D eigenvalue weighted by Gasteiger charge is 2.15. The highest BCUT2D eigenvalue weighted by molar-refractivity contribution is 7.99. The Morgan fingerprint density at radius 2 is 2.17 bits per heavy atom.